The second kappa shape index (κ2) is 7.30. The molecule has 4 nitrogen and oxygen atoms in total. The molecule has 1 aromatic rings. The van der Waals surface area contributed by atoms with Crippen LogP contribution < -0.4 is 4.90 Å². The normalized spacial score (nSPS) is 35.4. The van der Waals surface area contributed by atoms with Crippen LogP contribution in [0, 0.1) is 17.3 Å². The Labute approximate surface area is 191 Å². The van der Waals surface area contributed by atoms with Gasteiger partial charge in [0.25, 0.3) is 0 Å². The van der Waals surface area contributed by atoms with Crippen LogP contribution in [0.15, 0.2) is 47.1 Å². The van der Waals surface area contributed by atoms with Crippen LogP contribution in [0.1, 0.15) is 63.4 Å². The van der Waals surface area contributed by atoms with Gasteiger partial charge in [-0.3, -0.25) is 4.79 Å². The maximum atomic E-state index is 13.1. The topological polar surface area (TPSA) is 38.8 Å². The third-order valence-electron chi connectivity index (χ3n) is 9.19. The highest BCUT2D eigenvalue weighted by Crippen LogP contribution is 2.63. The molecule has 4 aliphatic carbocycles. The molecular formula is C28H35NO3. The van der Waals surface area contributed by atoms with Crippen LogP contribution in [0.4, 0.5) is 5.69 Å². The third-order valence-corrected chi connectivity index (χ3v) is 9.19. The highest BCUT2D eigenvalue weighted by molar-refractivity contribution is 5.87. The maximum absolute atomic E-state index is 13.1. The van der Waals surface area contributed by atoms with Crippen molar-refractivity contribution >= 4 is 11.5 Å². The zero-order valence-electron chi connectivity index (χ0n) is 19.7. The summed E-state index contributed by atoms with van der Waals surface area (Å²) < 4.78 is 12.1. The first kappa shape index (κ1) is 20.7. The second-order valence-electron chi connectivity index (χ2n) is 11.0. The molecule has 1 saturated heterocycles. The number of fused-ring (bicyclic) bond motifs is 4. The summed E-state index contributed by atoms with van der Waals surface area (Å²) >= 11 is 0. The standard InChI is InChI=1S/C28H35NO3/c1-27-17-23(18-4-7-20(8-5-18)29(2)3)26-21-12-13-28(31-14-15-32-28)16-19(21)6-9-22(26)24(27)10-11-25(27)30/h4-5,7-8,16,22-24H,6,9-15,17H2,1-3H3/t22?,23?,24?,27-/m0/s1. The van der Waals surface area contributed by atoms with E-state index in [1.54, 1.807) is 11.1 Å². The minimum absolute atomic E-state index is 0.172. The predicted molar refractivity (Wildman–Crippen MR) is 126 cm³/mol. The average molecular weight is 434 g/mol. The van der Waals surface area contributed by atoms with Crippen LogP contribution in [0.2, 0.25) is 0 Å². The van der Waals surface area contributed by atoms with Gasteiger partial charge >= 0.3 is 0 Å². The molecule has 1 aromatic carbocycles. The molecule has 1 spiro atoms. The quantitative estimate of drug-likeness (QED) is 0.626. The Kier molecular flexibility index (Phi) is 4.71. The molecule has 5 aliphatic rings. The average Bonchev–Trinajstić information content (AvgIpc) is 3.37. The first-order valence-corrected chi connectivity index (χ1v) is 12.4. The van der Waals surface area contributed by atoms with E-state index >= 15 is 0 Å². The largest absolute Gasteiger partial charge is 0.378 e. The molecule has 0 bridgehead atoms. The summed E-state index contributed by atoms with van der Waals surface area (Å²) in [7, 11) is 4.17. The monoisotopic (exact) mass is 433 g/mol. The molecule has 0 amide bonds. The lowest BCUT2D eigenvalue weighted by Gasteiger charge is -2.51. The Bertz CT molecular complexity index is 998. The van der Waals surface area contributed by atoms with E-state index in [0.29, 0.717) is 36.8 Å². The van der Waals surface area contributed by atoms with E-state index in [9.17, 15) is 4.79 Å². The van der Waals surface area contributed by atoms with Gasteiger partial charge in [0.1, 0.15) is 5.78 Å². The highest BCUT2D eigenvalue weighted by atomic mass is 16.7. The highest BCUT2D eigenvalue weighted by Gasteiger charge is 2.56. The first-order chi connectivity index (χ1) is 15.4. The molecule has 4 atom stereocenters. The molecule has 32 heavy (non-hydrogen) atoms. The molecule has 1 heterocycles. The Morgan fingerprint density at radius 3 is 2.47 bits per heavy atom. The van der Waals surface area contributed by atoms with Gasteiger partial charge in [-0.15, -0.1) is 0 Å². The number of allylic oxidation sites excluding steroid dienone is 3. The SMILES string of the molecule is CN(C)c1ccc(C2C[C@]3(C)C(=O)CCC3C3CCC4=CC5(CCC4=C23)OCCO5)cc1. The summed E-state index contributed by atoms with van der Waals surface area (Å²) in [6, 6.07) is 9.07. The van der Waals surface area contributed by atoms with Crippen LogP contribution in [0.3, 0.4) is 0 Å². The zero-order valence-corrected chi connectivity index (χ0v) is 19.7. The van der Waals surface area contributed by atoms with Crippen molar-refractivity contribution < 1.29 is 14.3 Å². The molecule has 1 aliphatic heterocycles. The van der Waals surface area contributed by atoms with Crippen LogP contribution in [-0.4, -0.2) is 38.9 Å². The number of anilines is 1. The van der Waals surface area contributed by atoms with Gasteiger partial charge < -0.3 is 14.4 Å². The van der Waals surface area contributed by atoms with Crippen molar-refractivity contribution in [1.82, 2.24) is 0 Å². The Balaban J connectivity index is 1.47. The van der Waals surface area contributed by atoms with E-state index in [-0.39, 0.29) is 5.41 Å². The van der Waals surface area contributed by atoms with Crippen LogP contribution in [-0.2, 0) is 14.3 Å². The summed E-state index contributed by atoms with van der Waals surface area (Å²) in [5.74, 6) is 1.38. The van der Waals surface area contributed by atoms with E-state index < -0.39 is 5.79 Å². The number of carbonyl (C=O) groups excluding carboxylic acids is 1. The minimum atomic E-state index is -0.485. The molecule has 6 rings (SSSR count). The summed E-state index contributed by atoms with van der Waals surface area (Å²) in [6.07, 6.45) is 9.28. The van der Waals surface area contributed by atoms with E-state index in [4.69, 9.17) is 9.47 Å². The molecular weight excluding hydrogens is 398 g/mol. The van der Waals surface area contributed by atoms with Crippen molar-refractivity contribution in [2.24, 2.45) is 17.3 Å². The molecule has 2 saturated carbocycles. The van der Waals surface area contributed by atoms with Gasteiger partial charge in [0.2, 0.25) is 0 Å². The van der Waals surface area contributed by atoms with E-state index in [1.165, 1.54) is 16.8 Å². The number of carbonyl (C=O) groups is 1. The maximum Gasteiger partial charge on any atom is 0.188 e. The van der Waals surface area contributed by atoms with Crippen LogP contribution in [0.5, 0.6) is 0 Å². The van der Waals surface area contributed by atoms with Crippen molar-refractivity contribution in [3.05, 3.63) is 52.6 Å². The van der Waals surface area contributed by atoms with Gasteiger partial charge in [0.05, 0.1) is 13.2 Å². The second-order valence-corrected chi connectivity index (χ2v) is 11.0. The van der Waals surface area contributed by atoms with Gasteiger partial charge in [-0.2, -0.15) is 0 Å². The molecule has 170 valence electrons. The van der Waals surface area contributed by atoms with E-state index in [0.717, 1.165) is 44.9 Å². The van der Waals surface area contributed by atoms with Crippen LogP contribution >= 0.6 is 0 Å². The summed E-state index contributed by atoms with van der Waals surface area (Å²) in [5, 5.41) is 0. The molecule has 0 N–H and O–H groups in total. The molecule has 3 fully saturated rings. The summed E-state index contributed by atoms with van der Waals surface area (Å²) in [4.78, 5) is 15.3. The van der Waals surface area contributed by atoms with Crippen molar-refractivity contribution in [3.63, 3.8) is 0 Å². The fraction of sp³-hybridized carbons (Fsp3) is 0.607. The van der Waals surface area contributed by atoms with Gasteiger partial charge in [-0.05, 0) is 78.9 Å². The number of ether oxygens (including phenoxy) is 2. The number of benzene rings is 1. The minimum Gasteiger partial charge on any atom is -0.378 e. The van der Waals surface area contributed by atoms with Crippen molar-refractivity contribution in [2.45, 2.75) is 63.6 Å². The molecule has 4 heteroatoms. The predicted octanol–water partition coefficient (Wildman–Crippen LogP) is 5.40. The number of nitrogens with zero attached hydrogens (tertiary/aromatic N) is 1. The van der Waals surface area contributed by atoms with Crippen molar-refractivity contribution in [1.29, 1.82) is 0 Å². The third kappa shape index (κ3) is 2.99. The first-order valence-electron chi connectivity index (χ1n) is 12.4. The zero-order chi connectivity index (χ0) is 22.1. The lowest BCUT2D eigenvalue weighted by molar-refractivity contribution is -0.128. The molecule has 3 unspecified atom stereocenters. The Morgan fingerprint density at radius 2 is 1.75 bits per heavy atom. The fourth-order valence-electron chi connectivity index (χ4n) is 7.56. The number of hydrogen-bond acceptors (Lipinski definition) is 4. The van der Waals surface area contributed by atoms with Gasteiger partial charge in [0.15, 0.2) is 5.79 Å². The number of ketones is 1. The molecule has 0 radical (unpaired) electrons. The summed E-state index contributed by atoms with van der Waals surface area (Å²) in [6.45, 7) is 3.67. The Hall–Kier alpha value is -1.91. The number of hydrogen-bond donors (Lipinski definition) is 0. The van der Waals surface area contributed by atoms with Gasteiger partial charge in [-0.1, -0.05) is 24.6 Å². The smallest absolute Gasteiger partial charge is 0.188 e. The number of rotatable bonds is 2. The van der Waals surface area contributed by atoms with Gasteiger partial charge in [-0.25, -0.2) is 0 Å². The Morgan fingerprint density at radius 1 is 1.00 bits per heavy atom. The van der Waals surface area contributed by atoms with Crippen molar-refractivity contribution in [2.75, 3.05) is 32.2 Å². The lowest BCUT2D eigenvalue weighted by Crippen LogP contribution is -2.44. The lowest BCUT2D eigenvalue weighted by atomic mass is 9.53. The number of Topliss-reactive ketones (excluding diaryl/α,β-unsaturated/α-hetero) is 1. The van der Waals surface area contributed by atoms with E-state index in [2.05, 4.69) is 56.3 Å². The van der Waals surface area contributed by atoms with E-state index in [1.807, 2.05) is 0 Å². The van der Waals surface area contributed by atoms with Crippen molar-refractivity contribution in [3.8, 4) is 0 Å². The fourth-order valence-corrected chi connectivity index (χ4v) is 7.56. The molecule has 0 aromatic heterocycles. The van der Waals surface area contributed by atoms with Gasteiger partial charge in [0, 0.05) is 44.0 Å². The van der Waals surface area contributed by atoms with Crippen LogP contribution in [0.25, 0.3) is 0 Å². The summed E-state index contributed by atoms with van der Waals surface area (Å²) in [5.41, 5.74) is 7.08.